The molecule has 0 aromatic heterocycles. The Morgan fingerprint density at radius 2 is 2.20 bits per heavy atom. The number of anilines is 1. The average molecular weight is 278 g/mol. The van der Waals surface area contributed by atoms with Gasteiger partial charge in [0.1, 0.15) is 5.82 Å². The van der Waals surface area contributed by atoms with Crippen molar-refractivity contribution in [3.63, 3.8) is 0 Å². The van der Waals surface area contributed by atoms with Crippen LogP contribution >= 0.6 is 0 Å². The van der Waals surface area contributed by atoms with E-state index in [0.29, 0.717) is 6.54 Å². The van der Waals surface area contributed by atoms with Crippen LogP contribution in [0.3, 0.4) is 0 Å². The molecule has 1 aromatic rings. The predicted octanol–water partition coefficient (Wildman–Crippen LogP) is 4.32. The normalized spacial score (nSPS) is 27.1. The largest absolute Gasteiger partial charge is 0.378 e. The molecule has 0 aliphatic heterocycles. The molecule has 0 spiro atoms. The lowest BCUT2D eigenvalue weighted by Gasteiger charge is -2.34. The average Bonchev–Trinajstić information content (AvgIpc) is 2.63. The molecule has 1 fully saturated rings. The fraction of sp³-hybridized carbons (Fsp3) is 0.647. The van der Waals surface area contributed by atoms with Crippen LogP contribution in [0.5, 0.6) is 0 Å². The number of halogens is 1. The van der Waals surface area contributed by atoms with Gasteiger partial charge in [0.2, 0.25) is 0 Å². The van der Waals surface area contributed by atoms with Crippen molar-refractivity contribution in [2.24, 2.45) is 11.7 Å². The van der Waals surface area contributed by atoms with Crippen molar-refractivity contribution in [2.45, 2.75) is 57.4 Å². The van der Waals surface area contributed by atoms with Crippen LogP contribution in [0.1, 0.15) is 51.9 Å². The van der Waals surface area contributed by atoms with Crippen LogP contribution in [0.15, 0.2) is 24.3 Å². The molecule has 1 aliphatic rings. The second kappa shape index (κ2) is 7.07. The second-order valence-corrected chi connectivity index (χ2v) is 6.21. The van der Waals surface area contributed by atoms with E-state index >= 15 is 0 Å². The molecule has 2 nitrogen and oxygen atoms in total. The van der Waals surface area contributed by atoms with Crippen LogP contribution in [-0.2, 0) is 0 Å². The van der Waals surface area contributed by atoms with E-state index in [9.17, 15) is 4.39 Å². The van der Waals surface area contributed by atoms with E-state index in [1.807, 2.05) is 6.07 Å². The van der Waals surface area contributed by atoms with Gasteiger partial charge in [-0.05, 0) is 43.4 Å². The molecule has 0 radical (unpaired) electrons. The number of nitrogens with two attached hydrogens (primary N) is 1. The monoisotopic (exact) mass is 278 g/mol. The second-order valence-electron chi connectivity index (χ2n) is 6.21. The first-order valence-electron chi connectivity index (χ1n) is 7.91. The lowest BCUT2D eigenvalue weighted by molar-refractivity contribution is 0.390. The quantitative estimate of drug-likeness (QED) is 0.787. The zero-order chi connectivity index (χ0) is 14.4. The Balaban J connectivity index is 2.05. The molecule has 0 bridgehead atoms. The fourth-order valence-corrected chi connectivity index (χ4v) is 3.43. The van der Waals surface area contributed by atoms with Crippen molar-refractivity contribution in [2.75, 3.05) is 11.9 Å². The summed E-state index contributed by atoms with van der Waals surface area (Å²) in [6.07, 6.45) is 8.50. The third kappa shape index (κ3) is 3.95. The molecule has 0 amide bonds. The van der Waals surface area contributed by atoms with E-state index in [1.165, 1.54) is 38.2 Å². The first kappa shape index (κ1) is 15.3. The summed E-state index contributed by atoms with van der Waals surface area (Å²) in [5.41, 5.74) is 6.85. The highest BCUT2D eigenvalue weighted by Crippen LogP contribution is 2.34. The highest BCUT2D eigenvalue weighted by atomic mass is 19.1. The Morgan fingerprint density at radius 3 is 2.90 bits per heavy atom. The van der Waals surface area contributed by atoms with Crippen molar-refractivity contribution >= 4 is 5.69 Å². The van der Waals surface area contributed by atoms with E-state index in [1.54, 1.807) is 12.1 Å². The van der Waals surface area contributed by atoms with Gasteiger partial charge in [0.15, 0.2) is 0 Å². The van der Waals surface area contributed by atoms with Crippen LogP contribution < -0.4 is 11.1 Å². The molecule has 20 heavy (non-hydrogen) atoms. The Labute approximate surface area is 121 Å². The lowest BCUT2D eigenvalue weighted by Crippen LogP contribution is -2.45. The van der Waals surface area contributed by atoms with Gasteiger partial charge in [-0.25, -0.2) is 4.39 Å². The molecule has 3 heteroatoms. The zero-order valence-electron chi connectivity index (χ0n) is 12.5. The Hall–Kier alpha value is -1.09. The number of hydrogen-bond acceptors (Lipinski definition) is 2. The number of rotatable bonds is 5. The Morgan fingerprint density at radius 1 is 1.35 bits per heavy atom. The summed E-state index contributed by atoms with van der Waals surface area (Å²) < 4.78 is 13.3. The maximum atomic E-state index is 13.3. The van der Waals surface area contributed by atoms with Gasteiger partial charge in [-0.3, -0.25) is 0 Å². The highest BCUT2D eigenvalue weighted by Gasteiger charge is 2.31. The third-order valence-corrected chi connectivity index (χ3v) is 4.62. The number of nitrogens with one attached hydrogen (secondary N) is 1. The number of hydrogen-bond donors (Lipinski definition) is 2. The molecule has 2 unspecified atom stereocenters. The maximum Gasteiger partial charge on any atom is 0.125 e. The molecule has 112 valence electrons. The van der Waals surface area contributed by atoms with Gasteiger partial charge in [-0.2, -0.15) is 0 Å². The Bertz CT molecular complexity index is 421. The van der Waals surface area contributed by atoms with E-state index in [0.717, 1.165) is 24.4 Å². The highest BCUT2D eigenvalue weighted by molar-refractivity contribution is 5.46. The summed E-state index contributed by atoms with van der Waals surface area (Å²) in [6.45, 7) is 2.87. The topological polar surface area (TPSA) is 38.0 Å². The van der Waals surface area contributed by atoms with Gasteiger partial charge in [0.05, 0.1) is 0 Å². The molecule has 1 aliphatic carbocycles. The summed E-state index contributed by atoms with van der Waals surface area (Å²) >= 11 is 0. The maximum absolute atomic E-state index is 13.3. The SMILES string of the molecule is CCCC1CCCC(CN)(Nc2cccc(F)c2)CC1. The molecule has 0 heterocycles. The van der Waals surface area contributed by atoms with Gasteiger partial charge < -0.3 is 11.1 Å². The van der Waals surface area contributed by atoms with Gasteiger partial charge >= 0.3 is 0 Å². The van der Waals surface area contributed by atoms with Gasteiger partial charge in [-0.1, -0.05) is 38.7 Å². The van der Waals surface area contributed by atoms with E-state index in [2.05, 4.69) is 12.2 Å². The number of benzene rings is 1. The van der Waals surface area contributed by atoms with E-state index < -0.39 is 0 Å². The molecule has 1 saturated carbocycles. The van der Waals surface area contributed by atoms with Crippen LogP contribution in [0.4, 0.5) is 10.1 Å². The van der Waals surface area contributed by atoms with Crippen LogP contribution in [-0.4, -0.2) is 12.1 Å². The van der Waals surface area contributed by atoms with E-state index in [4.69, 9.17) is 5.73 Å². The van der Waals surface area contributed by atoms with Gasteiger partial charge in [0.25, 0.3) is 0 Å². The minimum absolute atomic E-state index is 0.0592. The minimum atomic E-state index is -0.195. The first-order chi connectivity index (χ1) is 9.67. The van der Waals surface area contributed by atoms with E-state index in [-0.39, 0.29) is 11.4 Å². The fourth-order valence-electron chi connectivity index (χ4n) is 3.43. The third-order valence-electron chi connectivity index (χ3n) is 4.62. The summed E-state index contributed by atoms with van der Waals surface area (Å²) in [5.74, 6) is 0.641. The van der Waals surface area contributed by atoms with Gasteiger partial charge in [-0.15, -0.1) is 0 Å². The van der Waals surface area contributed by atoms with Crippen LogP contribution in [0.2, 0.25) is 0 Å². The van der Waals surface area contributed by atoms with Crippen molar-refractivity contribution in [1.29, 1.82) is 0 Å². The Kier molecular flexibility index (Phi) is 5.41. The molecular weight excluding hydrogens is 251 g/mol. The van der Waals surface area contributed by atoms with Crippen molar-refractivity contribution in [3.8, 4) is 0 Å². The molecule has 2 rings (SSSR count). The lowest BCUT2D eigenvalue weighted by atomic mass is 9.88. The molecular formula is C17H27FN2. The van der Waals surface area contributed by atoms with Crippen molar-refractivity contribution < 1.29 is 4.39 Å². The summed E-state index contributed by atoms with van der Waals surface area (Å²) in [7, 11) is 0. The molecule has 3 N–H and O–H groups in total. The summed E-state index contributed by atoms with van der Waals surface area (Å²) in [6, 6.07) is 6.71. The van der Waals surface area contributed by atoms with Crippen LogP contribution in [0, 0.1) is 11.7 Å². The summed E-state index contributed by atoms with van der Waals surface area (Å²) in [5, 5.41) is 3.52. The standard InChI is InChI=1S/C17H27FN2/c1-2-5-14-6-4-10-17(13-19,11-9-14)20-16-8-3-7-15(18)12-16/h3,7-8,12,14,20H,2,4-6,9-11,13,19H2,1H3. The zero-order valence-corrected chi connectivity index (χ0v) is 12.5. The smallest absolute Gasteiger partial charge is 0.125 e. The molecule has 1 aromatic carbocycles. The molecule has 0 saturated heterocycles. The van der Waals surface area contributed by atoms with Crippen molar-refractivity contribution in [1.82, 2.24) is 0 Å². The predicted molar refractivity (Wildman–Crippen MR) is 83.3 cm³/mol. The van der Waals surface area contributed by atoms with Gasteiger partial charge in [0, 0.05) is 17.8 Å². The molecule has 2 atom stereocenters. The summed E-state index contributed by atoms with van der Waals surface area (Å²) in [4.78, 5) is 0. The van der Waals surface area contributed by atoms with Crippen molar-refractivity contribution in [3.05, 3.63) is 30.1 Å². The first-order valence-corrected chi connectivity index (χ1v) is 7.91. The van der Waals surface area contributed by atoms with Crippen LogP contribution in [0.25, 0.3) is 0 Å². The minimum Gasteiger partial charge on any atom is -0.378 e.